The van der Waals surface area contributed by atoms with Gasteiger partial charge in [-0.3, -0.25) is 4.79 Å². The van der Waals surface area contributed by atoms with Crippen molar-refractivity contribution in [2.45, 2.75) is 13.5 Å². The number of rotatable bonds is 8. The maximum atomic E-state index is 13.2. The highest BCUT2D eigenvalue weighted by molar-refractivity contribution is 14.1. The summed E-state index contributed by atoms with van der Waals surface area (Å²) in [4.78, 5) is 17.2. The fourth-order valence-corrected chi connectivity index (χ4v) is 4.85. The lowest BCUT2D eigenvalue weighted by Gasteiger charge is -2.36. The Bertz CT molecular complexity index is 1300. The van der Waals surface area contributed by atoms with Crippen LogP contribution in [0.15, 0.2) is 76.8 Å². The van der Waals surface area contributed by atoms with Crippen molar-refractivity contribution in [2.75, 3.05) is 37.7 Å². The third-order valence-electron chi connectivity index (χ3n) is 6.01. The molecule has 0 aromatic heterocycles. The van der Waals surface area contributed by atoms with Crippen LogP contribution in [-0.4, -0.2) is 43.6 Å². The summed E-state index contributed by atoms with van der Waals surface area (Å²) >= 11 is 5.85. The quantitative estimate of drug-likeness (QED) is 0.160. The van der Waals surface area contributed by atoms with E-state index in [4.69, 9.17) is 9.47 Å². The van der Waals surface area contributed by atoms with Crippen LogP contribution in [-0.2, 0) is 11.4 Å². The molecular weight excluding hydrogens is 645 g/mol. The maximum absolute atomic E-state index is 13.2. The topological polar surface area (TPSA) is 65.8 Å². The second kappa shape index (κ2) is 13.0. The first-order valence-corrected chi connectivity index (χ1v) is 13.9. The van der Waals surface area contributed by atoms with Crippen molar-refractivity contribution in [3.63, 3.8) is 0 Å². The molecule has 3 aromatic rings. The van der Waals surface area contributed by atoms with Crippen LogP contribution in [0.25, 0.3) is 6.08 Å². The van der Waals surface area contributed by atoms with Crippen molar-refractivity contribution < 1.29 is 14.3 Å². The zero-order chi connectivity index (χ0) is 26.2. The Balaban J connectivity index is 1.48. The summed E-state index contributed by atoms with van der Waals surface area (Å²) in [6.07, 6.45) is 1.61. The van der Waals surface area contributed by atoms with E-state index in [9.17, 15) is 10.1 Å². The van der Waals surface area contributed by atoms with Crippen LogP contribution in [0.5, 0.6) is 11.5 Å². The number of hydrogen-bond acceptors (Lipinski definition) is 5. The van der Waals surface area contributed by atoms with Crippen molar-refractivity contribution in [3.8, 4) is 17.6 Å². The molecule has 0 N–H and O–H groups in total. The highest BCUT2D eigenvalue weighted by Crippen LogP contribution is 2.35. The Morgan fingerprint density at radius 3 is 2.35 bits per heavy atom. The zero-order valence-corrected chi connectivity index (χ0v) is 24.2. The average Bonchev–Trinajstić information content (AvgIpc) is 2.93. The van der Waals surface area contributed by atoms with E-state index in [0.717, 1.165) is 27.9 Å². The van der Waals surface area contributed by atoms with Crippen LogP contribution in [0.4, 0.5) is 5.69 Å². The number of halogens is 2. The molecule has 0 saturated carbocycles. The minimum atomic E-state index is -0.265. The largest absolute Gasteiger partial charge is 0.490 e. The van der Waals surface area contributed by atoms with Crippen LogP contribution in [0.1, 0.15) is 18.1 Å². The van der Waals surface area contributed by atoms with Gasteiger partial charge in [0.1, 0.15) is 18.2 Å². The predicted octanol–water partition coefficient (Wildman–Crippen LogP) is 6.29. The Morgan fingerprint density at radius 1 is 1.03 bits per heavy atom. The number of carbonyl (C=O) groups is 1. The van der Waals surface area contributed by atoms with Crippen LogP contribution in [0, 0.1) is 14.9 Å². The monoisotopic (exact) mass is 671 g/mol. The highest BCUT2D eigenvalue weighted by atomic mass is 127. The number of piperazine rings is 1. The number of nitriles is 1. The second-order valence-corrected chi connectivity index (χ2v) is 10.6. The van der Waals surface area contributed by atoms with Gasteiger partial charge in [0.2, 0.25) is 0 Å². The van der Waals surface area contributed by atoms with Crippen LogP contribution >= 0.6 is 38.5 Å². The molecule has 4 rings (SSSR count). The third-order valence-corrected chi connectivity index (χ3v) is 7.42. The first-order valence-electron chi connectivity index (χ1n) is 12.0. The van der Waals surface area contributed by atoms with Gasteiger partial charge in [0.25, 0.3) is 5.91 Å². The van der Waals surface area contributed by atoms with Crippen LogP contribution in [0.2, 0.25) is 0 Å². The summed E-state index contributed by atoms with van der Waals surface area (Å²) in [7, 11) is 0. The Labute approximate surface area is 239 Å². The van der Waals surface area contributed by atoms with Gasteiger partial charge in [-0.1, -0.05) is 46.3 Å². The molecular formula is C29H27BrIN3O3. The van der Waals surface area contributed by atoms with E-state index >= 15 is 0 Å². The lowest BCUT2D eigenvalue weighted by molar-refractivity contribution is -0.126. The van der Waals surface area contributed by atoms with Crippen molar-refractivity contribution in [3.05, 3.63) is 91.5 Å². The minimum Gasteiger partial charge on any atom is -0.490 e. The van der Waals surface area contributed by atoms with E-state index in [1.165, 1.54) is 0 Å². The summed E-state index contributed by atoms with van der Waals surface area (Å²) in [5, 5.41) is 9.82. The number of benzene rings is 3. The molecule has 6 nitrogen and oxygen atoms in total. The van der Waals surface area contributed by atoms with Crippen molar-refractivity contribution in [1.29, 1.82) is 5.26 Å². The SMILES string of the molecule is CCOc1cc(/C=C(/C#N)C(=O)N2CCN(c3ccccc3)CC2)c(Br)cc1OCc1ccc(I)cc1. The molecule has 3 aromatic carbocycles. The normalized spacial score (nSPS) is 13.7. The molecule has 1 aliphatic heterocycles. The summed E-state index contributed by atoms with van der Waals surface area (Å²) < 4.78 is 13.7. The van der Waals surface area contributed by atoms with E-state index in [1.54, 1.807) is 17.0 Å². The second-order valence-electron chi connectivity index (χ2n) is 8.45. The van der Waals surface area contributed by atoms with Gasteiger partial charge >= 0.3 is 0 Å². The van der Waals surface area contributed by atoms with Crippen molar-refractivity contribution in [2.24, 2.45) is 0 Å². The molecule has 190 valence electrons. The number of carbonyl (C=O) groups excluding carboxylic acids is 1. The summed E-state index contributed by atoms with van der Waals surface area (Å²) in [6, 6.07) is 24.0. The molecule has 1 saturated heterocycles. The Kier molecular flexibility index (Phi) is 9.47. The summed E-state index contributed by atoms with van der Waals surface area (Å²) in [5.41, 5.74) is 2.96. The molecule has 0 aliphatic carbocycles. The van der Waals surface area contributed by atoms with Gasteiger partial charge < -0.3 is 19.3 Å². The van der Waals surface area contributed by atoms with Gasteiger partial charge in [-0.15, -0.1) is 0 Å². The molecule has 1 fully saturated rings. The Morgan fingerprint density at radius 2 is 1.70 bits per heavy atom. The number of amides is 1. The number of para-hydroxylation sites is 1. The van der Waals surface area contributed by atoms with Crippen molar-refractivity contribution in [1.82, 2.24) is 4.90 Å². The molecule has 0 atom stereocenters. The van der Waals surface area contributed by atoms with E-state index in [0.29, 0.717) is 47.8 Å². The first-order chi connectivity index (χ1) is 18.0. The number of nitrogens with zero attached hydrogens (tertiary/aromatic N) is 3. The molecule has 0 unspecified atom stereocenters. The Hall–Kier alpha value is -3.03. The summed E-state index contributed by atoms with van der Waals surface area (Å²) in [6.45, 7) is 5.32. The standard InChI is InChI=1S/C29H27BrIN3O3/c1-2-36-27-17-22(26(30)18-28(27)37-20-21-8-10-24(31)11-9-21)16-23(19-32)29(35)34-14-12-33(13-15-34)25-6-4-3-5-7-25/h3-11,16-18H,2,12-15,20H2,1H3/b23-16-. The van der Waals surface area contributed by atoms with E-state index < -0.39 is 0 Å². The third kappa shape index (κ3) is 7.05. The van der Waals surface area contributed by atoms with Crippen LogP contribution in [0.3, 0.4) is 0 Å². The van der Waals surface area contributed by atoms with Gasteiger partial charge in [-0.25, -0.2) is 0 Å². The smallest absolute Gasteiger partial charge is 0.264 e. The van der Waals surface area contributed by atoms with Crippen LogP contribution < -0.4 is 14.4 Å². The average molecular weight is 672 g/mol. The maximum Gasteiger partial charge on any atom is 0.264 e. The summed E-state index contributed by atoms with van der Waals surface area (Å²) in [5.74, 6) is 0.883. The molecule has 8 heteroatoms. The van der Waals surface area contributed by atoms with Gasteiger partial charge in [-0.2, -0.15) is 5.26 Å². The van der Waals surface area contributed by atoms with Crippen molar-refractivity contribution >= 4 is 56.2 Å². The van der Waals surface area contributed by atoms with Gasteiger partial charge in [0, 0.05) is 39.9 Å². The molecule has 0 radical (unpaired) electrons. The lowest BCUT2D eigenvalue weighted by atomic mass is 10.1. The van der Waals surface area contributed by atoms with Gasteiger partial charge in [0.15, 0.2) is 11.5 Å². The minimum absolute atomic E-state index is 0.0869. The highest BCUT2D eigenvalue weighted by Gasteiger charge is 2.24. The van der Waals surface area contributed by atoms with E-state index in [1.807, 2.05) is 55.5 Å². The van der Waals surface area contributed by atoms with Gasteiger partial charge in [-0.05, 0) is 83.1 Å². The molecule has 0 bridgehead atoms. The molecule has 1 heterocycles. The number of anilines is 1. The van der Waals surface area contributed by atoms with E-state index in [2.05, 4.69) is 61.6 Å². The van der Waals surface area contributed by atoms with Gasteiger partial charge in [0.05, 0.1) is 6.61 Å². The number of hydrogen-bond donors (Lipinski definition) is 0. The fraction of sp³-hybridized carbons (Fsp3) is 0.241. The predicted molar refractivity (Wildman–Crippen MR) is 158 cm³/mol. The number of ether oxygens (including phenoxy) is 2. The molecule has 37 heavy (non-hydrogen) atoms. The fourth-order valence-electron chi connectivity index (χ4n) is 4.06. The molecule has 1 amide bonds. The first kappa shape index (κ1) is 27.0. The molecule has 1 aliphatic rings. The molecule has 0 spiro atoms. The zero-order valence-electron chi connectivity index (χ0n) is 20.5. The lowest BCUT2D eigenvalue weighted by Crippen LogP contribution is -2.49. The van der Waals surface area contributed by atoms with E-state index in [-0.39, 0.29) is 11.5 Å².